The molecular weight excluding hydrogens is 316 g/mol. The van der Waals surface area contributed by atoms with Gasteiger partial charge in [0, 0.05) is 0 Å². The van der Waals surface area contributed by atoms with Gasteiger partial charge in [-0.05, 0) is 41.0 Å². The Labute approximate surface area is 143 Å². The van der Waals surface area contributed by atoms with E-state index in [1.54, 1.807) is 30.3 Å². The third-order valence-corrected chi connectivity index (χ3v) is 4.22. The lowest BCUT2D eigenvalue weighted by atomic mass is 10.0. The van der Waals surface area contributed by atoms with Crippen LogP contribution in [0.15, 0.2) is 75.9 Å². The van der Waals surface area contributed by atoms with Crippen LogP contribution in [0.3, 0.4) is 0 Å². The number of carboxylic acid groups (broad SMARTS) is 1. The predicted molar refractivity (Wildman–Crippen MR) is 96.8 cm³/mol. The number of carbonyl (C=O) groups is 1. The molecule has 4 nitrogen and oxygen atoms in total. The fourth-order valence-corrected chi connectivity index (χ4v) is 2.97. The van der Waals surface area contributed by atoms with Crippen molar-refractivity contribution < 1.29 is 14.3 Å². The molecule has 1 aromatic heterocycles. The van der Waals surface area contributed by atoms with E-state index in [1.807, 2.05) is 36.4 Å². The molecule has 25 heavy (non-hydrogen) atoms. The van der Waals surface area contributed by atoms with Gasteiger partial charge in [0.1, 0.15) is 11.2 Å². The quantitative estimate of drug-likeness (QED) is 0.571. The lowest BCUT2D eigenvalue weighted by molar-refractivity contribution is -0.136. The van der Waals surface area contributed by atoms with Crippen LogP contribution in [0.5, 0.6) is 0 Å². The van der Waals surface area contributed by atoms with E-state index in [1.165, 1.54) is 0 Å². The maximum absolute atomic E-state index is 12.7. The zero-order chi connectivity index (χ0) is 17.4. The Bertz CT molecular complexity index is 1150. The van der Waals surface area contributed by atoms with Gasteiger partial charge in [0.05, 0.1) is 17.2 Å². The molecule has 0 bridgehead atoms. The van der Waals surface area contributed by atoms with Gasteiger partial charge in [0.25, 0.3) is 0 Å². The largest absolute Gasteiger partial charge is 0.481 e. The lowest BCUT2D eigenvalue weighted by Crippen LogP contribution is -2.02. The van der Waals surface area contributed by atoms with E-state index in [9.17, 15) is 9.59 Å². The molecule has 0 aliphatic carbocycles. The maximum Gasteiger partial charge on any atom is 0.307 e. The molecule has 0 amide bonds. The fourth-order valence-electron chi connectivity index (χ4n) is 2.97. The number of benzene rings is 3. The molecule has 3 aromatic carbocycles. The molecule has 4 aromatic rings. The molecule has 0 radical (unpaired) electrons. The fraction of sp³-hybridized carbons (Fsp3) is 0.0476. The summed E-state index contributed by atoms with van der Waals surface area (Å²) in [4.78, 5) is 23.5. The molecule has 0 aliphatic heterocycles. The van der Waals surface area contributed by atoms with Crippen molar-refractivity contribution in [3.63, 3.8) is 0 Å². The van der Waals surface area contributed by atoms with Crippen LogP contribution < -0.4 is 5.43 Å². The number of aliphatic carboxylic acids is 1. The molecule has 0 aliphatic rings. The van der Waals surface area contributed by atoms with Crippen LogP contribution in [0.2, 0.25) is 0 Å². The summed E-state index contributed by atoms with van der Waals surface area (Å²) in [5.41, 5.74) is 3.62. The molecule has 0 saturated carbocycles. The summed E-state index contributed by atoms with van der Waals surface area (Å²) in [7, 11) is 0. The van der Waals surface area contributed by atoms with Gasteiger partial charge in [-0.1, -0.05) is 42.5 Å². The Morgan fingerprint density at radius 2 is 1.52 bits per heavy atom. The van der Waals surface area contributed by atoms with E-state index in [4.69, 9.17) is 9.52 Å². The Morgan fingerprint density at radius 3 is 2.28 bits per heavy atom. The summed E-state index contributed by atoms with van der Waals surface area (Å²) in [5.74, 6) is -0.858. The van der Waals surface area contributed by atoms with Gasteiger partial charge in [0.2, 0.25) is 5.43 Å². The maximum atomic E-state index is 12.7. The highest BCUT2D eigenvalue weighted by atomic mass is 16.4. The highest BCUT2D eigenvalue weighted by Gasteiger charge is 2.09. The second kappa shape index (κ2) is 5.91. The first-order valence-electron chi connectivity index (χ1n) is 7.88. The van der Waals surface area contributed by atoms with Crippen LogP contribution in [0.25, 0.3) is 33.1 Å². The minimum absolute atomic E-state index is 0.00637. The van der Waals surface area contributed by atoms with Crippen LogP contribution >= 0.6 is 0 Å². The molecule has 0 saturated heterocycles. The van der Waals surface area contributed by atoms with E-state index in [-0.39, 0.29) is 11.8 Å². The monoisotopic (exact) mass is 330 g/mol. The van der Waals surface area contributed by atoms with Crippen molar-refractivity contribution in [1.82, 2.24) is 0 Å². The molecule has 0 unspecified atom stereocenters. The Hall–Kier alpha value is -3.40. The number of para-hydroxylation sites is 1. The smallest absolute Gasteiger partial charge is 0.307 e. The molecule has 1 N–H and O–H groups in total. The minimum atomic E-state index is -0.858. The molecule has 0 spiro atoms. The van der Waals surface area contributed by atoms with Crippen LogP contribution in [0, 0.1) is 0 Å². The number of carboxylic acids is 1. The van der Waals surface area contributed by atoms with E-state index in [0.717, 1.165) is 16.7 Å². The molecule has 1 heterocycles. The zero-order valence-electron chi connectivity index (χ0n) is 13.2. The zero-order valence-corrected chi connectivity index (χ0v) is 13.2. The molecule has 0 atom stereocenters. The number of hydrogen-bond acceptors (Lipinski definition) is 3. The van der Waals surface area contributed by atoms with Crippen LogP contribution in [-0.4, -0.2) is 11.1 Å². The summed E-state index contributed by atoms with van der Waals surface area (Å²) < 4.78 is 5.82. The van der Waals surface area contributed by atoms with E-state index < -0.39 is 5.97 Å². The van der Waals surface area contributed by atoms with Crippen molar-refractivity contribution in [1.29, 1.82) is 0 Å². The number of rotatable bonds is 3. The van der Waals surface area contributed by atoms with Crippen molar-refractivity contribution in [2.75, 3.05) is 0 Å². The first kappa shape index (κ1) is 15.1. The van der Waals surface area contributed by atoms with Gasteiger partial charge in [-0.25, -0.2) is 0 Å². The van der Waals surface area contributed by atoms with Crippen molar-refractivity contribution in [3.05, 3.63) is 82.5 Å². The van der Waals surface area contributed by atoms with Crippen LogP contribution in [0.4, 0.5) is 0 Å². The summed E-state index contributed by atoms with van der Waals surface area (Å²) in [6.07, 6.45) is -0.00637. The predicted octanol–water partition coefficient (Wildman–Crippen LogP) is 4.24. The van der Waals surface area contributed by atoms with Gasteiger partial charge < -0.3 is 9.52 Å². The van der Waals surface area contributed by atoms with Gasteiger partial charge in [-0.15, -0.1) is 0 Å². The first-order chi connectivity index (χ1) is 12.1. The number of hydrogen-bond donors (Lipinski definition) is 1. The summed E-state index contributed by atoms with van der Waals surface area (Å²) in [6.45, 7) is 0. The average molecular weight is 330 g/mol. The SMILES string of the molecule is O=C(O)Cc1ccc(-c2ccc3oc4ccccc4c(=O)c3c2)cc1. The summed E-state index contributed by atoms with van der Waals surface area (Å²) in [6, 6.07) is 20.0. The highest BCUT2D eigenvalue weighted by molar-refractivity contribution is 5.92. The number of fused-ring (bicyclic) bond motifs is 2. The first-order valence-corrected chi connectivity index (χ1v) is 7.88. The molecule has 122 valence electrons. The lowest BCUT2D eigenvalue weighted by Gasteiger charge is -2.06. The normalized spacial score (nSPS) is 11.0. The summed E-state index contributed by atoms with van der Waals surface area (Å²) >= 11 is 0. The second-order valence-corrected chi connectivity index (χ2v) is 5.91. The van der Waals surface area contributed by atoms with Gasteiger partial charge >= 0.3 is 5.97 Å². The van der Waals surface area contributed by atoms with E-state index in [0.29, 0.717) is 21.9 Å². The van der Waals surface area contributed by atoms with Crippen molar-refractivity contribution in [2.24, 2.45) is 0 Å². The second-order valence-electron chi connectivity index (χ2n) is 5.91. The standard InChI is InChI=1S/C21H14O4/c22-20(23)11-13-5-7-14(8-6-13)15-9-10-19-17(12-15)21(24)16-3-1-2-4-18(16)25-19/h1-10,12H,11H2,(H,22,23). The molecule has 4 heteroatoms. The molecular formula is C21H14O4. The van der Waals surface area contributed by atoms with Gasteiger partial charge in [-0.2, -0.15) is 0 Å². The topological polar surface area (TPSA) is 67.5 Å². The average Bonchev–Trinajstić information content (AvgIpc) is 2.62. The van der Waals surface area contributed by atoms with Crippen molar-refractivity contribution in [2.45, 2.75) is 6.42 Å². The summed E-state index contributed by atoms with van der Waals surface area (Å²) in [5, 5.41) is 9.94. The van der Waals surface area contributed by atoms with E-state index >= 15 is 0 Å². The van der Waals surface area contributed by atoms with Crippen molar-refractivity contribution >= 4 is 27.9 Å². The van der Waals surface area contributed by atoms with Gasteiger partial charge in [-0.3, -0.25) is 9.59 Å². The highest BCUT2D eigenvalue weighted by Crippen LogP contribution is 2.25. The third-order valence-electron chi connectivity index (χ3n) is 4.22. The Morgan fingerprint density at radius 1 is 0.840 bits per heavy atom. The van der Waals surface area contributed by atoms with E-state index in [2.05, 4.69) is 0 Å². The molecule has 4 rings (SSSR count). The molecule has 0 fully saturated rings. The van der Waals surface area contributed by atoms with Crippen LogP contribution in [-0.2, 0) is 11.2 Å². The van der Waals surface area contributed by atoms with Crippen LogP contribution in [0.1, 0.15) is 5.56 Å². The minimum Gasteiger partial charge on any atom is -0.481 e. The van der Waals surface area contributed by atoms with Gasteiger partial charge in [0.15, 0.2) is 0 Å². The Balaban J connectivity index is 1.83. The Kier molecular flexibility index (Phi) is 3.58. The third kappa shape index (κ3) is 2.78. The van der Waals surface area contributed by atoms with Crippen molar-refractivity contribution in [3.8, 4) is 11.1 Å².